The van der Waals surface area contributed by atoms with Gasteiger partial charge in [-0.25, -0.2) is 0 Å². The lowest BCUT2D eigenvalue weighted by Gasteiger charge is -2.26. The maximum atomic E-state index is 13.2. The van der Waals surface area contributed by atoms with Crippen LogP contribution in [0.1, 0.15) is 66.4 Å². The van der Waals surface area contributed by atoms with E-state index in [0.717, 1.165) is 11.1 Å². The molecule has 0 fully saturated rings. The lowest BCUT2D eigenvalue weighted by Crippen LogP contribution is -2.18. The molecule has 0 radical (unpaired) electrons. The molecule has 57 heavy (non-hydrogen) atoms. The first-order chi connectivity index (χ1) is 27.7. The van der Waals surface area contributed by atoms with Gasteiger partial charge in [-0.15, -0.1) is 0 Å². The van der Waals surface area contributed by atoms with Crippen LogP contribution in [0.4, 0.5) is 11.4 Å². The normalized spacial score (nSPS) is 12.4. The summed E-state index contributed by atoms with van der Waals surface area (Å²) in [7, 11) is 0. The summed E-state index contributed by atoms with van der Waals surface area (Å²) in [6.45, 7) is 4.43. The summed E-state index contributed by atoms with van der Waals surface area (Å²) in [6, 6.07) is 34.8. The minimum absolute atomic E-state index is 0.113. The Bertz CT molecular complexity index is 2360. The first kappa shape index (κ1) is 36.4. The summed E-state index contributed by atoms with van der Waals surface area (Å²) < 4.78 is 33.7. The third-order valence-electron chi connectivity index (χ3n) is 9.68. The SMILES string of the molecule is CC(C)(c1ccc(Oc2ccc(C=O)c(C(=O)Nc3ccc4c(c3)OCO4)c2)cc1)c1ccc(Oc2ccc(C=O)c(C(=O)Nc3ccc4c(c3)OCO4)c2)cc1. The summed E-state index contributed by atoms with van der Waals surface area (Å²) in [6.07, 6.45) is 1.25. The summed E-state index contributed by atoms with van der Waals surface area (Å²) in [5.74, 6) is 3.14. The molecule has 0 saturated heterocycles. The van der Waals surface area contributed by atoms with Crippen LogP contribution >= 0.6 is 0 Å². The van der Waals surface area contributed by atoms with Gasteiger partial charge in [0.25, 0.3) is 11.8 Å². The van der Waals surface area contributed by atoms with Crippen LogP contribution in [0.15, 0.2) is 121 Å². The number of anilines is 2. The smallest absolute Gasteiger partial charge is 0.256 e. The predicted octanol–water partition coefficient (Wildman–Crippen LogP) is 9.18. The molecule has 2 N–H and O–H groups in total. The Morgan fingerprint density at radius 1 is 0.509 bits per heavy atom. The first-order valence-corrected chi connectivity index (χ1v) is 17.8. The Morgan fingerprint density at radius 2 is 0.895 bits per heavy atom. The number of fused-ring (bicyclic) bond motifs is 2. The minimum Gasteiger partial charge on any atom is -0.457 e. The van der Waals surface area contributed by atoms with Crippen molar-refractivity contribution in [1.29, 1.82) is 0 Å². The Kier molecular flexibility index (Phi) is 9.74. The average molecular weight is 763 g/mol. The molecule has 0 aliphatic carbocycles. The Hall–Kier alpha value is -7.60. The van der Waals surface area contributed by atoms with Crippen LogP contribution in [0.5, 0.6) is 46.0 Å². The Balaban J connectivity index is 0.920. The molecule has 8 rings (SSSR count). The average Bonchev–Trinajstić information content (AvgIpc) is 3.91. The van der Waals surface area contributed by atoms with Crippen molar-refractivity contribution >= 4 is 35.8 Å². The lowest BCUT2D eigenvalue weighted by atomic mass is 9.78. The van der Waals surface area contributed by atoms with Gasteiger partial charge in [-0.05, 0) is 96.1 Å². The maximum Gasteiger partial charge on any atom is 0.256 e. The van der Waals surface area contributed by atoms with E-state index in [0.29, 0.717) is 69.9 Å². The summed E-state index contributed by atoms with van der Waals surface area (Å²) in [4.78, 5) is 50.0. The van der Waals surface area contributed by atoms with Gasteiger partial charge in [0.2, 0.25) is 13.6 Å². The molecule has 2 aliphatic heterocycles. The van der Waals surface area contributed by atoms with Gasteiger partial charge >= 0.3 is 0 Å². The molecule has 2 amide bonds. The van der Waals surface area contributed by atoms with Gasteiger partial charge in [0.1, 0.15) is 23.0 Å². The van der Waals surface area contributed by atoms with Crippen LogP contribution < -0.4 is 39.1 Å². The molecule has 2 heterocycles. The highest BCUT2D eigenvalue weighted by molar-refractivity contribution is 6.10. The molecule has 0 unspecified atom stereocenters. The Labute approximate surface area is 326 Å². The van der Waals surface area contributed by atoms with Gasteiger partial charge in [-0.1, -0.05) is 38.1 Å². The van der Waals surface area contributed by atoms with Gasteiger partial charge in [0.15, 0.2) is 35.6 Å². The highest BCUT2D eigenvalue weighted by Gasteiger charge is 2.24. The van der Waals surface area contributed by atoms with Crippen molar-refractivity contribution < 1.29 is 47.6 Å². The third kappa shape index (κ3) is 7.69. The van der Waals surface area contributed by atoms with Crippen molar-refractivity contribution in [3.8, 4) is 46.0 Å². The number of nitrogens with one attached hydrogen (secondary N) is 2. The number of benzene rings is 6. The second-order valence-corrected chi connectivity index (χ2v) is 13.7. The van der Waals surface area contributed by atoms with Crippen molar-refractivity contribution in [2.45, 2.75) is 19.3 Å². The van der Waals surface area contributed by atoms with E-state index in [-0.39, 0.29) is 35.8 Å². The van der Waals surface area contributed by atoms with Gasteiger partial charge < -0.3 is 39.1 Å². The van der Waals surface area contributed by atoms with Crippen molar-refractivity contribution in [3.63, 3.8) is 0 Å². The second kappa shape index (κ2) is 15.3. The number of carbonyl (C=O) groups excluding carboxylic acids is 4. The molecule has 0 atom stereocenters. The van der Waals surface area contributed by atoms with E-state index < -0.39 is 17.2 Å². The lowest BCUT2D eigenvalue weighted by molar-refractivity contribution is 0.101. The number of rotatable bonds is 12. The fourth-order valence-electron chi connectivity index (χ4n) is 6.46. The minimum atomic E-state index is -0.475. The predicted molar refractivity (Wildman–Crippen MR) is 210 cm³/mol. The fourth-order valence-corrected chi connectivity index (χ4v) is 6.46. The van der Waals surface area contributed by atoms with E-state index in [1.54, 1.807) is 60.7 Å². The van der Waals surface area contributed by atoms with Crippen LogP contribution in [0.2, 0.25) is 0 Å². The molecular formula is C45H34N2O10. The monoisotopic (exact) mass is 762 g/mol. The zero-order valence-corrected chi connectivity index (χ0v) is 30.7. The molecule has 284 valence electrons. The van der Waals surface area contributed by atoms with Crippen LogP contribution in [0.3, 0.4) is 0 Å². The van der Waals surface area contributed by atoms with E-state index in [4.69, 9.17) is 28.4 Å². The number of amides is 2. The zero-order chi connectivity index (χ0) is 39.5. The van der Waals surface area contributed by atoms with Crippen molar-refractivity contribution in [1.82, 2.24) is 0 Å². The Morgan fingerprint density at radius 3 is 1.30 bits per heavy atom. The van der Waals surface area contributed by atoms with Crippen LogP contribution in [-0.2, 0) is 5.41 Å². The van der Waals surface area contributed by atoms with E-state index in [1.165, 1.54) is 12.1 Å². The largest absolute Gasteiger partial charge is 0.457 e. The molecule has 0 bridgehead atoms. The highest BCUT2D eigenvalue weighted by Crippen LogP contribution is 2.37. The molecule has 0 saturated carbocycles. The first-order valence-electron chi connectivity index (χ1n) is 17.8. The quantitative estimate of drug-likeness (QED) is 0.116. The van der Waals surface area contributed by atoms with E-state index in [9.17, 15) is 19.2 Å². The maximum absolute atomic E-state index is 13.2. The molecule has 6 aromatic carbocycles. The molecule has 12 heteroatoms. The molecule has 0 aromatic heterocycles. The molecule has 12 nitrogen and oxygen atoms in total. The highest BCUT2D eigenvalue weighted by atomic mass is 16.7. The molecule has 2 aliphatic rings. The van der Waals surface area contributed by atoms with Crippen molar-refractivity contribution in [3.05, 3.63) is 155 Å². The number of carbonyl (C=O) groups is 4. The van der Waals surface area contributed by atoms with Gasteiger partial charge in [0, 0.05) is 40.0 Å². The zero-order valence-electron chi connectivity index (χ0n) is 30.7. The van der Waals surface area contributed by atoms with E-state index in [2.05, 4.69) is 24.5 Å². The number of hydrogen-bond acceptors (Lipinski definition) is 10. The van der Waals surface area contributed by atoms with Gasteiger partial charge in [-0.2, -0.15) is 0 Å². The number of aldehydes is 2. The van der Waals surface area contributed by atoms with Gasteiger partial charge in [-0.3, -0.25) is 19.2 Å². The van der Waals surface area contributed by atoms with E-state index >= 15 is 0 Å². The second-order valence-electron chi connectivity index (χ2n) is 13.7. The van der Waals surface area contributed by atoms with Gasteiger partial charge in [0.05, 0.1) is 11.1 Å². The molecule has 0 spiro atoms. The summed E-state index contributed by atoms with van der Waals surface area (Å²) in [5.41, 5.74) is 3.37. The fraction of sp³-hybridized carbons (Fsp3) is 0.111. The third-order valence-corrected chi connectivity index (χ3v) is 9.68. The van der Waals surface area contributed by atoms with Crippen LogP contribution in [0.25, 0.3) is 0 Å². The standard InChI is InChI=1S/C45H34N2O10/c1-45(2,29-5-13-33(14-6-29)56-35-11-3-27(23-48)37(21-35)43(50)46-31-9-17-39-41(19-31)54-25-52-39)30-7-15-34(16-8-30)57-36-12-4-28(24-49)38(22-36)44(51)47-32-10-18-40-42(20-32)55-26-53-40/h3-24H,25-26H2,1-2H3,(H,46,50)(H,47,51). The topological polar surface area (TPSA) is 148 Å². The number of ether oxygens (including phenoxy) is 6. The summed E-state index contributed by atoms with van der Waals surface area (Å²) >= 11 is 0. The van der Waals surface area contributed by atoms with Crippen LogP contribution in [-0.4, -0.2) is 38.0 Å². The molecular weight excluding hydrogens is 728 g/mol. The number of hydrogen-bond donors (Lipinski definition) is 2. The van der Waals surface area contributed by atoms with Crippen LogP contribution in [0, 0.1) is 0 Å². The molecule has 6 aromatic rings. The summed E-state index contributed by atoms with van der Waals surface area (Å²) in [5, 5.41) is 5.61. The van der Waals surface area contributed by atoms with E-state index in [1.807, 2.05) is 48.5 Å². The van der Waals surface area contributed by atoms with Crippen molar-refractivity contribution in [2.24, 2.45) is 0 Å². The van der Waals surface area contributed by atoms with Crippen molar-refractivity contribution in [2.75, 3.05) is 24.2 Å².